The Morgan fingerprint density at radius 3 is 2.75 bits per heavy atom. The lowest BCUT2D eigenvalue weighted by Gasteiger charge is -2.07. The molecule has 1 atom stereocenters. The normalized spacial score (nSPS) is 12.5. The molecule has 0 aliphatic heterocycles. The Balaban J connectivity index is 3.04. The van der Waals surface area contributed by atoms with Crippen LogP contribution in [-0.4, -0.2) is 5.11 Å². The first-order chi connectivity index (χ1) is 5.65. The molecule has 2 nitrogen and oxygen atoms in total. The van der Waals surface area contributed by atoms with Crippen LogP contribution in [0.4, 0.5) is 0 Å². The summed E-state index contributed by atoms with van der Waals surface area (Å²) in [5, 5.41) is 9.23. The smallest absolute Gasteiger partial charge is 0.118 e. The highest BCUT2D eigenvalue weighted by Crippen LogP contribution is 2.20. The van der Waals surface area contributed by atoms with Crippen molar-refractivity contribution in [2.75, 3.05) is 0 Å². The van der Waals surface area contributed by atoms with Gasteiger partial charge in [-0.1, -0.05) is 18.2 Å². The summed E-state index contributed by atoms with van der Waals surface area (Å²) in [4.78, 5) is 0. The van der Waals surface area contributed by atoms with Crippen molar-refractivity contribution < 1.29 is 5.11 Å². The molecule has 0 radical (unpaired) electrons. The summed E-state index contributed by atoms with van der Waals surface area (Å²) >= 11 is 0. The predicted octanol–water partition coefficient (Wildman–Crippen LogP) is 1.89. The van der Waals surface area contributed by atoms with Crippen molar-refractivity contribution in [3.05, 3.63) is 42.0 Å². The topological polar surface area (TPSA) is 46.2 Å². The molecule has 0 amide bonds. The van der Waals surface area contributed by atoms with E-state index in [2.05, 4.69) is 6.58 Å². The van der Waals surface area contributed by atoms with Gasteiger partial charge < -0.3 is 10.8 Å². The summed E-state index contributed by atoms with van der Waals surface area (Å²) in [6, 6.07) is 5.16. The number of hydrogen-bond donors (Lipinski definition) is 2. The molecule has 1 aromatic carbocycles. The van der Waals surface area contributed by atoms with Crippen LogP contribution in [-0.2, 0) is 0 Å². The fourth-order valence-electron chi connectivity index (χ4n) is 1.02. The van der Waals surface area contributed by atoms with Gasteiger partial charge in [0.15, 0.2) is 0 Å². The number of hydrogen-bond acceptors (Lipinski definition) is 2. The van der Waals surface area contributed by atoms with Crippen molar-refractivity contribution in [3.63, 3.8) is 0 Å². The van der Waals surface area contributed by atoms with E-state index in [1.54, 1.807) is 18.2 Å². The van der Waals surface area contributed by atoms with Crippen molar-refractivity contribution in [3.8, 4) is 5.75 Å². The number of aromatic hydroxyl groups is 1. The molecule has 0 aliphatic rings. The first-order valence-electron chi connectivity index (χ1n) is 3.83. The zero-order valence-electron chi connectivity index (χ0n) is 7.12. The van der Waals surface area contributed by atoms with E-state index in [1.165, 1.54) is 0 Å². The molecule has 0 heterocycles. The minimum atomic E-state index is -0.149. The third-order valence-electron chi connectivity index (χ3n) is 1.86. The lowest BCUT2D eigenvalue weighted by molar-refractivity contribution is 0.470. The molecule has 3 N–H and O–H groups in total. The zero-order valence-corrected chi connectivity index (χ0v) is 7.12. The molecule has 0 fully saturated rings. The van der Waals surface area contributed by atoms with E-state index < -0.39 is 0 Å². The van der Waals surface area contributed by atoms with E-state index in [4.69, 9.17) is 5.73 Å². The van der Waals surface area contributed by atoms with Gasteiger partial charge in [-0.2, -0.15) is 0 Å². The Morgan fingerprint density at radius 2 is 2.25 bits per heavy atom. The Hall–Kier alpha value is -1.28. The van der Waals surface area contributed by atoms with Crippen molar-refractivity contribution in [1.82, 2.24) is 0 Å². The van der Waals surface area contributed by atoms with Crippen LogP contribution >= 0.6 is 0 Å². The fourth-order valence-corrected chi connectivity index (χ4v) is 1.02. The highest BCUT2D eigenvalue weighted by molar-refractivity contribution is 5.37. The van der Waals surface area contributed by atoms with E-state index >= 15 is 0 Å². The standard InChI is InChI=1S/C10H13NO/c1-3-9(11)8-4-5-10(12)7(2)6-8/h3-6,9,12H,1,11H2,2H3. The van der Waals surface area contributed by atoms with Gasteiger partial charge >= 0.3 is 0 Å². The molecule has 0 saturated heterocycles. The largest absolute Gasteiger partial charge is 0.508 e. The molecular weight excluding hydrogens is 150 g/mol. The molecular formula is C10H13NO. The van der Waals surface area contributed by atoms with E-state index in [0.717, 1.165) is 11.1 Å². The molecule has 0 bridgehead atoms. The van der Waals surface area contributed by atoms with Crippen LogP contribution < -0.4 is 5.73 Å². The van der Waals surface area contributed by atoms with Crippen molar-refractivity contribution >= 4 is 0 Å². The van der Waals surface area contributed by atoms with Crippen LogP contribution in [0.2, 0.25) is 0 Å². The maximum Gasteiger partial charge on any atom is 0.118 e. The molecule has 1 aromatic rings. The molecule has 0 saturated carbocycles. The lowest BCUT2D eigenvalue weighted by atomic mass is 10.0. The molecule has 1 rings (SSSR count). The first-order valence-corrected chi connectivity index (χ1v) is 3.83. The Bertz CT molecular complexity index is 294. The maximum absolute atomic E-state index is 9.23. The monoisotopic (exact) mass is 163 g/mol. The van der Waals surface area contributed by atoms with Crippen LogP contribution in [0, 0.1) is 6.92 Å². The lowest BCUT2D eigenvalue weighted by Crippen LogP contribution is -2.06. The molecule has 64 valence electrons. The SMILES string of the molecule is C=CC(N)c1ccc(O)c(C)c1. The second-order valence-corrected chi connectivity index (χ2v) is 2.81. The number of rotatable bonds is 2. The van der Waals surface area contributed by atoms with Gasteiger partial charge in [-0.05, 0) is 24.1 Å². The van der Waals surface area contributed by atoms with E-state index in [0.29, 0.717) is 5.75 Å². The Morgan fingerprint density at radius 1 is 1.58 bits per heavy atom. The zero-order chi connectivity index (χ0) is 9.14. The third kappa shape index (κ3) is 1.66. The molecule has 12 heavy (non-hydrogen) atoms. The van der Waals surface area contributed by atoms with Crippen LogP contribution in [0.5, 0.6) is 5.75 Å². The van der Waals surface area contributed by atoms with Gasteiger partial charge in [0.25, 0.3) is 0 Å². The number of aryl methyl sites for hydroxylation is 1. The summed E-state index contributed by atoms with van der Waals surface area (Å²) in [5.74, 6) is 0.301. The first kappa shape index (κ1) is 8.81. The van der Waals surface area contributed by atoms with Gasteiger partial charge in [0.2, 0.25) is 0 Å². The van der Waals surface area contributed by atoms with Crippen LogP contribution in [0.3, 0.4) is 0 Å². The number of nitrogens with two attached hydrogens (primary N) is 1. The average Bonchev–Trinajstić information content (AvgIpc) is 2.08. The van der Waals surface area contributed by atoms with Crippen LogP contribution in [0.1, 0.15) is 17.2 Å². The minimum Gasteiger partial charge on any atom is -0.508 e. The van der Waals surface area contributed by atoms with E-state index in [9.17, 15) is 5.11 Å². The second-order valence-electron chi connectivity index (χ2n) is 2.81. The predicted molar refractivity (Wildman–Crippen MR) is 50.0 cm³/mol. The van der Waals surface area contributed by atoms with Crippen LogP contribution in [0.25, 0.3) is 0 Å². The summed E-state index contributed by atoms with van der Waals surface area (Å²) in [7, 11) is 0. The number of benzene rings is 1. The van der Waals surface area contributed by atoms with Crippen molar-refractivity contribution in [2.45, 2.75) is 13.0 Å². The van der Waals surface area contributed by atoms with Gasteiger partial charge in [0.05, 0.1) is 0 Å². The van der Waals surface area contributed by atoms with Gasteiger partial charge in [-0.25, -0.2) is 0 Å². The summed E-state index contributed by atoms with van der Waals surface area (Å²) < 4.78 is 0. The van der Waals surface area contributed by atoms with Crippen molar-refractivity contribution in [2.24, 2.45) is 5.73 Å². The Labute approximate surface area is 72.3 Å². The average molecular weight is 163 g/mol. The summed E-state index contributed by atoms with van der Waals surface area (Å²) in [6.45, 7) is 5.44. The molecule has 0 spiro atoms. The highest BCUT2D eigenvalue weighted by Gasteiger charge is 2.02. The fraction of sp³-hybridized carbons (Fsp3) is 0.200. The summed E-state index contributed by atoms with van der Waals surface area (Å²) in [5.41, 5.74) is 7.52. The van der Waals surface area contributed by atoms with Gasteiger partial charge in [0.1, 0.15) is 5.75 Å². The third-order valence-corrected chi connectivity index (χ3v) is 1.86. The van der Waals surface area contributed by atoms with Crippen molar-refractivity contribution in [1.29, 1.82) is 0 Å². The molecule has 1 unspecified atom stereocenters. The highest BCUT2D eigenvalue weighted by atomic mass is 16.3. The second kappa shape index (κ2) is 3.41. The summed E-state index contributed by atoms with van der Waals surface area (Å²) in [6.07, 6.45) is 1.67. The Kier molecular flexibility index (Phi) is 2.51. The minimum absolute atomic E-state index is 0.149. The van der Waals surface area contributed by atoms with E-state index in [1.807, 2.05) is 13.0 Å². The van der Waals surface area contributed by atoms with Gasteiger partial charge in [-0.3, -0.25) is 0 Å². The quantitative estimate of drug-likeness (QED) is 0.654. The van der Waals surface area contributed by atoms with E-state index in [-0.39, 0.29) is 6.04 Å². The molecule has 2 heteroatoms. The van der Waals surface area contributed by atoms with Gasteiger partial charge in [-0.15, -0.1) is 6.58 Å². The molecule has 0 aliphatic carbocycles. The maximum atomic E-state index is 9.23. The number of phenols is 1. The molecule has 0 aromatic heterocycles. The van der Waals surface area contributed by atoms with Crippen LogP contribution in [0.15, 0.2) is 30.9 Å². The van der Waals surface area contributed by atoms with Gasteiger partial charge in [0, 0.05) is 6.04 Å². The number of phenolic OH excluding ortho intramolecular Hbond substituents is 1.